The normalized spacial score (nSPS) is 11.0. The number of aromatic nitrogens is 4. The summed E-state index contributed by atoms with van der Waals surface area (Å²) in [4.78, 5) is 1.96. The topological polar surface area (TPSA) is 46.3 Å². The van der Waals surface area contributed by atoms with E-state index < -0.39 is 0 Å². The van der Waals surface area contributed by atoms with Gasteiger partial charge in [-0.3, -0.25) is 0 Å². The first-order valence-corrected chi connectivity index (χ1v) is 6.70. The lowest BCUT2D eigenvalue weighted by Gasteiger charge is -2.18. The Labute approximate surface area is 122 Å². The van der Waals surface area contributed by atoms with Gasteiger partial charge in [0.2, 0.25) is 0 Å². The fourth-order valence-corrected chi connectivity index (χ4v) is 2.18. The average molecular weight is 285 g/mol. The maximum absolute atomic E-state index is 13.6. The molecule has 0 saturated carbocycles. The second-order valence-corrected chi connectivity index (χ2v) is 5.15. The molecule has 2 heterocycles. The minimum atomic E-state index is -0.182. The summed E-state index contributed by atoms with van der Waals surface area (Å²) in [6.45, 7) is 4.19. The van der Waals surface area contributed by atoms with Crippen LogP contribution in [0.15, 0.2) is 30.3 Å². The first-order chi connectivity index (χ1) is 10.0. The summed E-state index contributed by atoms with van der Waals surface area (Å²) in [7, 11) is 1.92. The van der Waals surface area contributed by atoms with Crippen LogP contribution in [0.5, 0.6) is 0 Å². The second-order valence-electron chi connectivity index (χ2n) is 5.15. The van der Waals surface area contributed by atoms with Crippen molar-refractivity contribution in [2.24, 2.45) is 0 Å². The largest absolute Gasteiger partial charge is 0.354 e. The smallest absolute Gasteiger partial charge is 0.178 e. The van der Waals surface area contributed by atoms with Gasteiger partial charge < -0.3 is 4.90 Å². The van der Waals surface area contributed by atoms with Crippen molar-refractivity contribution in [1.82, 2.24) is 19.8 Å². The van der Waals surface area contributed by atoms with Gasteiger partial charge in [-0.25, -0.2) is 4.39 Å². The fraction of sp³-hybridized carbons (Fsp3) is 0.267. The molecule has 0 bridgehead atoms. The lowest BCUT2D eigenvalue weighted by molar-refractivity contribution is 0.615. The third-order valence-corrected chi connectivity index (χ3v) is 3.45. The van der Waals surface area contributed by atoms with E-state index in [-0.39, 0.29) is 5.82 Å². The van der Waals surface area contributed by atoms with Crippen LogP contribution in [0.1, 0.15) is 17.0 Å². The number of fused-ring (bicyclic) bond motifs is 1. The number of rotatable bonds is 3. The molecule has 0 aliphatic carbocycles. The lowest BCUT2D eigenvalue weighted by atomic mass is 10.1. The van der Waals surface area contributed by atoms with Gasteiger partial charge in [0.05, 0.1) is 0 Å². The molecule has 0 radical (unpaired) electrons. The van der Waals surface area contributed by atoms with E-state index in [1.807, 2.05) is 37.1 Å². The van der Waals surface area contributed by atoms with Crippen LogP contribution in [0.4, 0.5) is 10.2 Å². The van der Waals surface area contributed by atoms with Crippen LogP contribution in [-0.4, -0.2) is 26.9 Å². The molecule has 0 aliphatic rings. The molecule has 21 heavy (non-hydrogen) atoms. The van der Waals surface area contributed by atoms with Gasteiger partial charge in [-0.2, -0.15) is 4.52 Å². The number of anilines is 1. The van der Waals surface area contributed by atoms with Crippen molar-refractivity contribution < 1.29 is 4.39 Å². The Bertz CT molecular complexity index is 796. The molecule has 3 aromatic rings. The van der Waals surface area contributed by atoms with Gasteiger partial charge in [-0.05, 0) is 43.2 Å². The third-order valence-electron chi connectivity index (χ3n) is 3.45. The number of halogens is 1. The molecule has 3 rings (SSSR count). The van der Waals surface area contributed by atoms with Gasteiger partial charge in [0.15, 0.2) is 11.5 Å². The molecule has 0 spiro atoms. The minimum absolute atomic E-state index is 0.182. The summed E-state index contributed by atoms with van der Waals surface area (Å²) in [6, 6.07) is 9.04. The van der Waals surface area contributed by atoms with Gasteiger partial charge in [0.1, 0.15) is 11.6 Å². The van der Waals surface area contributed by atoms with E-state index in [1.165, 1.54) is 0 Å². The standard InChI is InChI=1S/C15H16FN5/c1-10-4-5-12(8-13(10)16)9-20(3)15-7-6-14-18-17-11(2)21(14)19-15/h4-8H,9H2,1-3H3. The summed E-state index contributed by atoms with van der Waals surface area (Å²) >= 11 is 0. The van der Waals surface area contributed by atoms with E-state index in [9.17, 15) is 4.39 Å². The molecule has 0 N–H and O–H groups in total. The number of hydrogen-bond donors (Lipinski definition) is 0. The first kappa shape index (κ1) is 13.5. The molecule has 0 amide bonds. The van der Waals surface area contributed by atoms with Gasteiger partial charge in [-0.1, -0.05) is 12.1 Å². The summed E-state index contributed by atoms with van der Waals surface area (Å²) in [5, 5.41) is 12.5. The molecule has 0 fully saturated rings. The molecular weight excluding hydrogens is 269 g/mol. The Morgan fingerprint density at radius 2 is 1.95 bits per heavy atom. The molecule has 108 valence electrons. The van der Waals surface area contributed by atoms with Crippen LogP contribution in [0.25, 0.3) is 5.65 Å². The van der Waals surface area contributed by atoms with Crippen LogP contribution in [0, 0.1) is 19.7 Å². The van der Waals surface area contributed by atoms with Crippen LogP contribution in [-0.2, 0) is 6.54 Å². The highest BCUT2D eigenvalue weighted by Gasteiger charge is 2.08. The summed E-state index contributed by atoms with van der Waals surface area (Å²) < 4.78 is 15.3. The van der Waals surface area contributed by atoms with Crippen molar-refractivity contribution in [3.63, 3.8) is 0 Å². The molecule has 0 aliphatic heterocycles. The second kappa shape index (κ2) is 5.12. The molecule has 5 nitrogen and oxygen atoms in total. The van der Waals surface area contributed by atoms with E-state index in [0.29, 0.717) is 17.8 Å². The van der Waals surface area contributed by atoms with Crippen LogP contribution in [0.3, 0.4) is 0 Å². The van der Waals surface area contributed by atoms with Gasteiger partial charge >= 0.3 is 0 Å². The minimum Gasteiger partial charge on any atom is -0.354 e. The van der Waals surface area contributed by atoms with Crippen LogP contribution in [0.2, 0.25) is 0 Å². The van der Waals surface area contributed by atoms with Crippen molar-refractivity contribution in [3.05, 3.63) is 53.1 Å². The highest BCUT2D eigenvalue weighted by molar-refractivity contribution is 5.45. The number of hydrogen-bond acceptors (Lipinski definition) is 4. The lowest BCUT2D eigenvalue weighted by Crippen LogP contribution is -2.19. The SMILES string of the molecule is Cc1ccc(CN(C)c2ccc3nnc(C)n3n2)cc1F. The number of aryl methyl sites for hydroxylation is 2. The average Bonchev–Trinajstić information content (AvgIpc) is 2.84. The maximum atomic E-state index is 13.6. The Morgan fingerprint density at radius 1 is 1.14 bits per heavy atom. The van der Waals surface area contributed by atoms with Crippen molar-refractivity contribution in [2.45, 2.75) is 20.4 Å². The predicted octanol–water partition coefficient (Wildman–Crippen LogP) is 2.52. The monoisotopic (exact) mass is 285 g/mol. The van der Waals surface area contributed by atoms with Gasteiger partial charge in [0, 0.05) is 13.6 Å². The Hall–Kier alpha value is -2.50. The van der Waals surface area contributed by atoms with E-state index in [0.717, 1.165) is 17.2 Å². The van der Waals surface area contributed by atoms with Crippen molar-refractivity contribution in [3.8, 4) is 0 Å². The molecule has 1 aromatic carbocycles. The molecular formula is C15H16FN5. The quantitative estimate of drug-likeness (QED) is 0.742. The molecule has 0 saturated heterocycles. The zero-order valence-electron chi connectivity index (χ0n) is 12.2. The van der Waals surface area contributed by atoms with Gasteiger partial charge in [-0.15, -0.1) is 15.3 Å². The van der Waals surface area contributed by atoms with Crippen LogP contribution < -0.4 is 4.90 Å². The maximum Gasteiger partial charge on any atom is 0.178 e. The van der Waals surface area contributed by atoms with E-state index in [1.54, 1.807) is 23.6 Å². The Kier molecular flexibility index (Phi) is 3.29. The summed E-state index contributed by atoms with van der Waals surface area (Å²) in [5.41, 5.74) is 2.27. The third kappa shape index (κ3) is 2.56. The van der Waals surface area contributed by atoms with Gasteiger partial charge in [0.25, 0.3) is 0 Å². The zero-order chi connectivity index (χ0) is 15.0. The first-order valence-electron chi connectivity index (χ1n) is 6.70. The summed E-state index contributed by atoms with van der Waals surface area (Å²) in [6.07, 6.45) is 0. The zero-order valence-corrected chi connectivity index (χ0v) is 12.2. The highest BCUT2D eigenvalue weighted by atomic mass is 19.1. The van der Waals surface area contributed by atoms with E-state index in [4.69, 9.17) is 0 Å². The summed E-state index contributed by atoms with van der Waals surface area (Å²) in [5.74, 6) is 1.34. The Balaban J connectivity index is 1.87. The van der Waals surface area contributed by atoms with Crippen molar-refractivity contribution in [1.29, 1.82) is 0 Å². The van der Waals surface area contributed by atoms with Crippen molar-refractivity contribution >= 4 is 11.5 Å². The predicted molar refractivity (Wildman–Crippen MR) is 78.8 cm³/mol. The molecule has 6 heteroatoms. The number of benzene rings is 1. The molecule has 2 aromatic heterocycles. The molecule has 0 unspecified atom stereocenters. The van der Waals surface area contributed by atoms with E-state index >= 15 is 0 Å². The Morgan fingerprint density at radius 3 is 2.71 bits per heavy atom. The van der Waals surface area contributed by atoms with E-state index in [2.05, 4.69) is 15.3 Å². The van der Waals surface area contributed by atoms with Crippen molar-refractivity contribution in [2.75, 3.05) is 11.9 Å². The molecule has 0 atom stereocenters. The van der Waals surface area contributed by atoms with Crippen LogP contribution >= 0.6 is 0 Å². The highest BCUT2D eigenvalue weighted by Crippen LogP contribution is 2.15. The number of nitrogens with zero attached hydrogens (tertiary/aromatic N) is 5. The fourth-order valence-electron chi connectivity index (χ4n) is 2.18.